The van der Waals surface area contributed by atoms with E-state index >= 15 is 0 Å². The van der Waals surface area contributed by atoms with Gasteiger partial charge in [0.1, 0.15) is 17.9 Å². The van der Waals surface area contributed by atoms with Crippen molar-refractivity contribution in [3.63, 3.8) is 0 Å². The third kappa shape index (κ3) is 7.20. The number of carbonyl (C=O) groups excluding carboxylic acids is 1. The Labute approximate surface area is 223 Å². The number of benzene rings is 2. The van der Waals surface area contributed by atoms with Crippen molar-refractivity contribution in [1.82, 2.24) is 9.47 Å². The Morgan fingerprint density at radius 3 is 2.31 bits per heavy atom. The zero-order valence-electron chi connectivity index (χ0n) is 20.9. The van der Waals surface area contributed by atoms with Gasteiger partial charge in [0.05, 0.1) is 10.9 Å². The maximum Gasteiger partial charge on any atom is 0.389 e. The lowest BCUT2D eigenvalue weighted by Crippen LogP contribution is -2.49. The number of amides is 1. The Morgan fingerprint density at radius 2 is 1.74 bits per heavy atom. The maximum absolute atomic E-state index is 12.7. The number of hydrogen-bond donors (Lipinski definition) is 0. The molecular weight excluding hydrogens is 537 g/mol. The van der Waals surface area contributed by atoms with Gasteiger partial charge in [0.2, 0.25) is 0 Å². The van der Waals surface area contributed by atoms with Crippen molar-refractivity contribution in [2.24, 2.45) is 0 Å². The lowest BCUT2D eigenvalue weighted by Gasteiger charge is -2.41. The SMILES string of the molecule is CS(=O)(=O)c1ccc(-n2ccc(OC3CCN(C(=O)[O-])C(c4ccc(CCC(F)(F)F)cc4)C3)cc2=O)cc1. The van der Waals surface area contributed by atoms with Crippen LogP contribution in [0.25, 0.3) is 5.69 Å². The second-order valence-corrected chi connectivity index (χ2v) is 11.4. The van der Waals surface area contributed by atoms with E-state index in [4.69, 9.17) is 4.74 Å². The molecule has 1 saturated heterocycles. The van der Waals surface area contributed by atoms with Gasteiger partial charge in [-0.1, -0.05) is 24.3 Å². The molecule has 0 aliphatic carbocycles. The van der Waals surface area contributed by atoms with Crippen LogP contribution in [-0.4, -0.2) is 49.1 Å². The highest BCUT2D eigenvalue weighted by molar-refractivity contribution is 7.90. The Hall–Kier alpha value is -3.80. The van der Waals surface area contributed by atoms with Crippen LogP contribution in [0.3, 0.4) is 0 Å². The number of rotatable bonds is 7. The number of hydrogen-bond acceptors (Lipinski definition) is 6. The summed E-state index contributed by atoms with van der Waals surface area (Å²) in [5.41, 5.74) is 1.17. The summed E-state index contributed by atoms with van der Waals surface area (Å²) in [6.07, 6.45) is -3.96. The van der Waals surface area contributed by atoms with Gasteiger partial charge in [-0.25, -0.2) is 8.42 Å². The molecule has 0 spiro atoms. The summed E-state index contributed by atoms with van der Waals surface area (Å²) >= 11 is 0. The summed E-state index contributed by atoms with van der Waals surface area (Å²) < 4.78 is 68.3. The number of halogens is 3. The largest absolute Gasteiger partial charge is 0.530 e. The Balaban J connectivity index is 1.47. The second kappa shape index (κ2) is 11.1. The van der Waals surface area contributed by atoms with E-state index in [1.807, 2.05) is 0 Å². The van der Waals surface area contributed by atoms with Gasteiger partial charge in [-0.2, -0.15) is 13.2 Å². The number of nitrogens with zero attached hydrogens (tertiary/aromatic N) is 2. The molecule has 3 aromatic rings. The first-order chi connectivity index (χ1) is 18.3. The Kier molecular flexibility index (Phi) is 8.05. The number of alkyl halides is 3. The van der Waals surface area contributed by atoms with Gasteiger partial charge < -0.3 is 19.5 Å². The zero-order chi connectivity index (χ0) is 28.4. The predicted octanol–water partition coefficient (Wildman–Crippen LogP) is 3.66. The van der Waals surface area contributed by atoms with Gasteiger partial charge in [0.15, 0.2) is 9.84 Å². The summed E-state index contributed by atoms with van der Waals surface area (Å²) in [5.74, 6) is 0.289. The van der Waals surface area contributed by atoms with E-state index in [0.29, 0.717) is 23.2 Å². The number of aryl methyl sites for hydroxylation is 1. The van der Waals surface area contributed by atoms with Crippen molar-refractivity contribution < 1.29 is 36.2 Å². The van der Waals surface area contributed by atoms with Crippen molar-refractivity contribution in [2.75, 3.05) is 12.8 Å². The quantitative estimate of drug-likeness (QED) is 0.434. The van der Waals surface area contributed by atoms with E-state index < -0.39 is 46.2 Å². The molecule has 0 saturated carbocycles. The Bertz CT molecular complexity index is 1490. The van der Waals surface area contributed by atoms with Crippen LogP contribution in [0.2, 0.25) is 0 Å². The van der Waals surface area contributed by atoms with Crippen LogP contribution in [0.1, 0.15) is 36.4 Å². The summed E-state index contributed by atoms with van der Waals surface area (Å²) in [5, 5.41) is 11.7. The maximum atomic E-state index is 12.7. The fourth-order valence-corrected chi connectivity index (χ4v) is 5.19. The summed E-state index contributed by atoms with van der Waals surface area (Å²) in [6, 6.07) is 14.5. The highest BCUT2D eigenvalue weighted by Crippen LogP contribution is 2.33. The van der Waals surface area contributed by atoms with Gasteiger partial charge in [0.25, 0.3) is 5.56 Å². The molecule has 1 amide bonds. The van der Waals surface area contributed by atoms with Crippen molar-refractivity contribution in [3.8, 4) is 11.4 Å². The number of pyridine rings is 1. The summed E-state index contributed by atoms with van der Waals surface area (Å²) in [4.78, 5) is 25.8. The molecule has 0 N–H and O–H groups in total. The Morgan fingerprint density at radius 1 is 1.08 bits per heavy atom. The van der Waals surface area contributed by atoms with E-state index in [1.54, 1.807) is 30.3 Å². The van der Waals surface area contributed by atoms with Gasteiger partial charge in [0, 0.05) is 50.0 Å². The molecular formula is C27H26F3N2O6S-. The van der Waals surface area contributed by atoms with Crippen LogP contribution in [0.15, 0.2) is 76.6 Å². The standard InChI is InChI=1S/C27H27F3N2O6S/c1-39(36,37)23-8-6-20(7-9-23)31-14-11-22(17-25(31)33)38-21-12-15-32(26(34)35)24(16-21)19-4-2-18(3-5-19)10-13-27(28,29)30/h2-9,11,14,17,21,24H,10,12-13,15-16H2,1H3,(H,34,35)/p-1. The summed E-state index contributed by atoms with van der Waals surface area (Å²) in [6.45, 7) is 0.122. The molecule has 12 heteroatoms. The van der Waals surface area contributed by atoms with Crippen molar-refractivity contribution in [3.05, 3.63) is 88.3 Å². The third-order valence-electron chi connectivity index (χ3n) is 6.59. The minimum Gasteiger partial charge on any atom is -0.530 e. The number of aromatic nitrogens is 1. The number of ether oxygens (including phenoxy) is 1. The van der Waals surface area contributed by atoms with Crippen molar-refractivity contribution in [1.29, 1.82) is 0 Å². The summed E-state index contributed by atoms with van der Waals surface area (Å²) in [7, 11) is -3.37. The second-order valence-electron chi connectivity index (χ2n) is 9.43. The molecule has 1 aromatic heterocycles. The number of carbonyl (C=O) groups is 1. The average molecular weight is 564 g/mol. The molecule has 1 fully saturated rings. The van der Waals surface area contributed by atoms with Gasteiger partial charge >= 0.3 is 6.18 Å². The van der Waals surface area contributed by atoms with Gasteiger partial charge in [-0.15, -0.1) is 0 Å². The molecule has 2 unspecified atom stereocenters. The monoisotopic (exact) mass is 563 g/mol. The van der Waals surface area contributed by atoms with Crippen LogP contribution >= 0.6 is 0 Å². The molecule has 0 radical (unpaired) electrons. The minimum atomic E-state index is -4.26. The third-order valence-corrected chi connectivity index (χ3v) is 7.72. The number of likely N-dealkylation sites (tertiary alicyclic amines) is 1. The highest BCUT2D eigenvalue weighted by Gasteiger charge is 2.31. The van der Waals surface area contributed by atoms with E-state index in [2.05, 4.69) is 0 Å². The first kappa shape index (κ1) is 28.2. The smallest absolute Gasteiger partial charge is 0.389 e. The molecule has 8 nitrogen and oxygen atoms in total. The normalized spacial score (nSPS) is 18.1. The first-order valence-corrected chi connectivity index (χ1v) is 14.0. The number of carboxylic acid groups (broad SMARTS) is 1. The van der Waals surface area contributed by atoms with Crippen LogP contribution in [-0.2, 0) is 16.3 Å². The molecule has 2 atom stereocenters. The van der Waals surface area contributed by atoms with Crippen LogP contribution in [0, 0.1) is 0 Å². The van der Waals surface area contributed by atoms with Crippen LogP contribution in [0.4, 0.5) is 18.0 Å². The van der Waals surface area contributed by atoms with E-state index in [9.17, 15) is 36.3 Å². The minimum absolute atomic E-state index is 0.122. The number of sulfone groups is 1. The van der Waals surface area contributed by atoms with Crippen molar-refractivity contribution >= 4 is 15.9 Å². The van der Waals surface area contributed by atoms with Crippen molar-refractivity contribution in [2.45, 2.75) is 48.9 Å². The zero-order valence-corrected chi connectivity index (χ0v) is 21.7. The van der Waals surface area contributed by atoms with Gasteiger partial charge in [-0.05, 0) is 47.9 Å². The highest BCUT2D eigenvalue weighted by atomic mass is 32.2. The lowest BCUT2D eigenvalue weighted by molar-refractivity contribution is -0.270. The predicted molar refractivity (Wildman–Crippen MR) is 134 cm³/mol. The lowest BCUT2D eigenvalue weighted by atomic mass is 9.92. The number of piperidine rings is 1. The van der Waals surface area contributed by atoms with Gasteiger partial charge in [-0.3, -0.25) is 9.36 Å². The molecule has 39 heavy (non-hydrogen) atoms. The molecule has 1 aliphatic rings. The first-order valence-electron chi connectivity index (χ1n) is 12.1. The topological polar surface area (TPSA) is 109 Å². The van der Waals surface area contributed by atoms with E-state index in [-0.39, 0.29) is 30.0 Å². The molecule has 0 bridgehead atoms. The van der Waals surface area contributed by atoms with E-state index in [0.717, 1.165) is 6.26 Å². The van der Waals surface area contributed by atoms with E-state index in [1.165, 1.54) is 46.0 Å². The molecule has 1 aliphatic heterocycles. The molecule has 208 valence electrons. The fourth-order valence-electron chi connectivity index (χ4n) is 4.56. The molecule has 2 heterocycles. The van der Waals surface area contributed by atoms with Crippen LogP contribution < -0.4 is 15.4 Å². The molecule has 2 aromatic carbocycles. The fraction of sp³-hybridized carbons (Fsp3) is 0.333. The van der Waals surface area contributed by atoms with Crippen LogP contribution in [0.5, 0.6) is 5.75 Å². The average Bonchev–Trinajstić information content (AvgIpc) is 2.87. The molecule has 4 rings (SSSR count).